The largest absolute Gasteiger partial charge is 0.448 e. The number of H-pyrrole nitrogens is 2. The highest BCUT2D eigenvalue weighted by molar-refractivity contribution is 5.92. The Morgan fingerprint density at radius 1 is 0.892 bits per heavy atom. The zero-order chi connectivity index (χ0) is 25.2. The van der Waals surface area contributed by atoms with Gasteiger partial charge < -0.3 is 24.9 Å². The third-order valence-corrected chi connectivity index (χ3v) is 7.16. The number of aromatic nitrogens is 2. The van der Waals surface area contributed by atoms with Gasteiger partial charge in [0.25, 0.3) is 0 Å². The number of amides is 2. The van der Waals surface area contributed by atoms with E-state index >= 15 is 0 Å². The first kappa shape index (κ1) is 22.9. The van der Waals surface area contributed by atoms with Crippen LogP contribution in [0.3, 0.4) is 0 Å². The fraction of sp³-hybridized carbons (Fsp3) is 0.200. The second-order valence-electron chi connectivity index (χ2n) is 9.39. The Hall–Kier alpha value is -4.52. The van der Waals surface area contributed by atoms with E-state index in [1.165, 1.54) is 21.9 Å². The first-order chi connectivity index (χ1) is 18.2. The summed E-state index contributed by atoms with van der Waals surface area (Å²) in [7, 11) is 0. The summed E-state index contributed by atoms with van der Waals surface area (Å²) in [5.41, 5.74) is 6.48. The predicted molar refractivity (Wildman–Crippen MR) is 145 cm³/mol. The first-order valence-corrected chi connectivity index (χ1v) is 12.6. The van der Waals surface area contributed by atoms with E-state index in [1.807, 2.05) is 30.3 Å². The van der Waals surface area contributed by atoms with E-state index in [9.17, 15) is 9.59 Å². The van der Waals surface area contributed by atoms with Gasteiger partial charge in [-0.1, -0.05) is 54.6 Å². The highest BCUT2D eigenvalue weighted by Crippen LogP contribution is 2.38. The number of carbonyl (C=O) groups excluding carboxylic acids is 2. The summed E-state index contributed by atoms with van der Waals surface area (Å²) in [6.45, 7) is 1.26. The minimum Gasteiger partial charge on any atom is -0.448 e. The predicted octanol–water partition coefficient (Wildman–Crippen LogP) is 5.80. The first-order valence-electron chi connectivity index (χ1n) is 12.6. The summed E-state index contributed by atoms with van der Waals surface area (Å²) >= 11 is 0. The van der Waals surface area contributed by atoms with Crippen LogP contribution in [0.5, 0.6) is 0 Å². The normalized spacial score (nSPS) is 13.5. The Morgan fingerprint density at radius 2 is 1.51 bits per heavy atom. The van der Waals surface area contributed by atoms with Crippen LogP contribution in [-0.4, -0.2) is 46.6 Å². The molecule has 0 spiro atoms. The van der Waals surface area contributed by atoms with Crippen LogP contribution in [-0.2, 0) is 16.0 Å². The fourth-order valence-corrected chi connectivity index (χ4v) is 5.27. The van der Waals surface area contributed by atoms with Crippen LogP contribution in [0.1, 0.15) is 29.0 Å². The van der Waals surface area contributed by atoms with Crippen LogP contribution in [0, 0.1) is 0 Å². The van der Waals surface area contributed by atoms with Crippen molar-refractivity contribution in [2.45, 2.75) is 18.8 Å². The van der Waals surface area contributed by atoms with Gasteiger partial charge in [-0.3, -0.25) is 4.79 Å². The van der Waals surface area contributed by atoms with Crippen molar-refractivity contribution in [1.29, 1.82) is 0 Å². The number of ether oxygens (including phenoxy) is 1. The molecule has 186 valence electrons. The fourth-order valence-electron chi connectivity index (χ4n) is 5.27. The molecule has 1 aliphatic heterocycles. The number of hydrogen-bond donors (Lipinski definition) is 3. The average molecular weight is 493 g/mol. The molecule has 2 amide bonds. The Balaban J connectivity index is 1.32. The molecule has 1 fully saturated rings. The second kappa shape index (κ2) is 9.85. The van der Waals surface area contributed by atoms with Crippen molar-refractivity contribution >= 4 is 39.5 Å². The van der Waals surface area contributed by atoms with Crippen molar-refractivity contribution in [1.82, 2.24) is 14.9 Å². The number of para-hydroxylation sites is 3. The Labute approximate surface area is 214 Å². The minimum atomic E-state index is -0.353. The molecule has 0 atom stereocenters. The SMILES string of the molecule is O=C(CCN1CCOC1=O)Nc1ccccc1CC(c1c[nH]c2ccccc12)c1c[nH]c2ccccc12. The molecule has 0 radical (unpaired) electrons. The van der Waals surface area contributed by atoms with Crippen LogP contribution in [0.4, 0.5) is 10.5 Å². The lowest BCUT2D eigenvalue weighted by molar-refractivity contribution is -0.116. The van der Waals surface area contributed by atoms with Crippen molar-refractivity contribution in [2.75, 3.05) is 25.0 Å². The highest BCUT2D eigenvalue weighted by atomic mass is 16.6. The number of fused-ring (bicyclic) bond motifs is 2. The van der Waals surface area contributed by atoms with Crippen LogP contribution in [0.15, 0.2) is 85.2 Å². The van der Waals surface area contributed by atoms with Gasteiger partial charge >= 0.3 is 6.09 Å². The zero-order valence-corrected chi connectivity index (χ0v) is 20.4. The molecule has 3 N–H and O–H groups in total. The van der Waals surface area contributed by atoms with E-state index in [4.69, 9.17) is 4.74 Å². The number of nitrogens with zero attached hydrogens (tertiary/aromatic N) is 1. The molecular formula is C30H28N4O3. The number of hydrogen-bond acceptors (Lipinski definition) is 3. The molecule has 5 aromatic rings. The molecule has 2 aromatic heterocycles. The summed E-state index contributed by atoms with van der Waals surface area (Å²) in [5.74, 6) is -0.0624. The number of benzene rings is 3. The number of aromatic amines is 2. The number of cyclic esters (lactones) is 1. The van der Waals surface area contributed by atoms with E-state index in [0.29, 0.717) is 26.1 Å². The van der Waals surface area contributed by atoms with Crippen LogP contribution < -0.4 is 5.32 Å². The van der Waals surface area contributed by atoms with E-state index < -0.39 is 0 Å². The monoisotopic (exact) mass is 492 g/mol. The minimum absolute atomic E-state index is 0.0599. The molecule has 3 aromatic carbocycles. The summed E-state index contributed by atoms with van der Waals surface area (Å²) in [5, 5.41) is 5.47. The molecule has 1 saturated heterocycles. The van der Waals surface area contributed by atoms with Gasteiger partial charge in [-0.15, -0.1) is 0 Å². The third-order valence-electron chi connectivity index (χ3n) is 7.16. The molecule has 37 heavy (non-hydrogen) atoms. The maximum atomic E-state index is 12.8. The lowest BCUT2D eigenvalue weighted by Gasteiger charge is -2.20. The van der Waals surface area contributed by atoms with Gasteiger partial charge in [0.2, 0.25) is 5.91 Å². The summed E-state index contributed by atoms with van der Waals surface area (Å²) in [6.07, 6.45) is 4.78. The van der Waals surface area contributed by atoms with Gasteiger partial charge in [0.15, 0.2) is 0 Å². The Morgan fingerprint density at radius 3 is 2.16 bits per heavy atom. The molecule has 3 heterocycles. The summed E-state index contributed by atoms with van der Waals surface area (Å²) < 4.78 is 4.96. The maximum absolute atomic E-state index is 12.8. The van der Waals surface area contributed by atoms with E-state index in [0.717, 1.165) is 22.3 Å². The van der Waals surface area contributed by atoms with Crippen molar-refractivity contribution in [3.05, 3.63) is 102 Å². The van der Waals surface area contributed by atoms with Gasteiger partial charge in [-0.25, -0.2) is 4.79 Å². The maximum Gasteiger partial charge on any atom is 0.409 e. The molecule has 7 heteroatoms. The van der Waals surface area contributed by atoms with Crippen molar-refractivity contribution in [2.24, 2.45) is 0 Å². The van der Waals surface area contributed by atoms with E-state index in [1.54, 1.807) is 4.90 Å². The van der Waals surface area contributed by atoms with E-state index in [-0.39, 0.29) is 24.3 Å². The molecular weight excluding hydrogens is 464 g/mol. The lowest BCUT2D eigenvalue weighted by Crippen LogP contribution is -2.28. The molecule has 0 bridgehead atoms. The van der Waals surface area contributed by atoms with Crippen molar-refractivity contribution < 1.29 is 14.3 Å². The standard InChI is InChI=1S/C30H28N4O3/c35-29(13-14-34-15-16-37-30(34)36)33-26-10-4-1-7-20(26)17-23(24-18-31-27-11-5-2-8-21(24)27)25-19-32-28-12-6-3-9-22(25)28/h1-12,18-19,23,31-32H,13-17H2,(H,33,35). The number of rotatable bonds is 8. The van der Waals surface area contributed by atoms with Gasteiger partial charge in [-0.2, -0.15) is 0 Å². The van der Waals surface area contributed by atoms with Crippen LogP contribution >= 0.6 is 0 Å². The number of nitrogens with one attached hydrogen (secondary N) is 3. The average Bonchev–Trinajstić information content (AvgIpc) is 3.65. The molecule has 1 aliphatic rings. The lowest BCUT2D eigenvalue weighted by atomic mass is 9.85. The van der Waals surface area contributed by atoms with Gasteiger partial charge in [0.1, 0.15) is 6.61 Å². The molecule has 0 saturated carbocycles. The molecule has 0 unspecified atom stereocenters. The molecule has 6 rings (SSSR count). The number of carbonyl (C=O) groups is 2. The zero-order valence-electron chi connectivity index (χ0n) is 20.4. The van der Waals surface area contributed by atoms with E-state index in [2.05, 4.69) is 70.1 Å². The van der Waals surface area contributed by atoms with Gasteiger partial charge in [-0.05, 0) is 41.3 Å². The Kier molecular flexibility index (Phi) is 6.10. The topological polar surface area (TPSA) is 90.2 Å². The van der Waals surface area contributed by atoms with Gasteiger partial charge in [0, 0.05) is 58.8 Å². The highest BCUT2D eigenvalue weighted by Gasteiger charge is 2.24. The molecule has 7 nitrogen and oxygen atoms in total. The smallest absolute Gasteiger partial charge is 0.409 e. The molecule has 0 aliphatic carbocycles. The summed E-state index contributed by atoms with van der Waals surface area (Å²) in [4.78, 5) is 33.0. The van der Waals surface area contributed by atoms with Crippen molar-refractivity contribution in [3.63, 3.8) is 0 Å². The second-order valence-corrected chi connectivity index (χ2v) is 9.39. The van der Waals surface area contributed by atoms with Gasteiger partial charge in [0.05, 0.1) is 6.54 Å². The summed E-state index contributed by atoms with van der Waals surface area (Å²) in [6, 6.07) is 24.7. The quantitative estimate of drug-likeness (QED) is 0.256. The van der Waals surface area contributed by atoms with Crippen LogP contribution in [0.25, 0.3) is 21.8 Å². The Bertz CT molecular complexity index is 1510. The number of anilines is 1. The van der Waals surface area contributed by atoms with Crippen LogP contribution in [0.2, 0.25) is 0 Å². The van der Waals surface area contributed by atoms with Crippen molar-refractivity contribution in [3.8, 4) is 0 Å². The third kappa shape index (κ3) is 4.56.